The molecule has 26 heavy (non-hydrogen) atoms. The van der Waals surface area contributed by atoms with Gasteiger partial charge >= 0.3 is 0 Å². The molecule has 0 radical (unpaired) electrons. The van der Waals surface area contributed by atoms with E-state index in [9.17, 15) is 0 Å². The third-order valence-electron chi connectivity index (χ3n) is 5.59. The molecule has 0 bridgehead atoms. The van der Waals surface area contributed by atoms with Gasteiger partial charge in [0.15, 0.2) is 5.41 Å². The molecular formula is C24H44FP. The molecule has 0 N–H and O–H groups in total. The van der Waals surface area contributed by atoms with Gasteiger partial charge in [-0.3, -0.25) is 0 Å². The fraction of sp³-hybridized carbons (Fsp3) is 0.833. The highest BCUT2D eigenvalue weighted by Crippen LogP contribution is 2.56. The van der Waals surface area contributed by atoms with Crippen molar-refractivity contribution in [1.82, 2.24) is 0 Å². The number of allylic oxidation sites excluding steroid dienone is 4. The highest BCUT2D eigenvalue weighted by Gasteiger charge is 2.35. The second-order valence-electron chi connectivity index (χ2n) is 8.04. The molecule has 0 nitrogen and oxygen atoms in total. The van der Waals surface area contributed by atoms with Crippen molar-refractivity contribution in [3.8, 4) is 0 Å². The number of hydrogen-bond acceptors (Lipinski definition) is 0. The Hall–Kier alpha value is -0.160. The highest BCUT2D eigenvalue weighted by atomic mass is 31.1. The van der Waals surface area contributed by atoms with Gasteiger partial charge in [-0.2, -0.15) is 0 Å². The Bertz CT molecular complexity index is 358. The zero-order valence-electron chi connectivity index (χ0n) is 17.7. The number of halogens is 1. The minimum atomic E-state index is -1.02. The van der Waals surface area contributed by atoms with Gasteiger partial charge in [0.25, 0.3) is 0 Å². The second-order valence-corrected chi connectivity index (χ2v) is 10.8. The van der Waals surface area contributed by atoms with Gasteiger partial charge in [-0.1, -0.05) is 117 Å². The van der Waals surface area contributed by atoms with Crippen LogP contribution in [0.15, 0.2) is 24.3 Å². The summed E-state index contributed by atoms with van der Waals surface area (Å²) < 4.78 is 15.5. The minimum absolute atomic E-state index is 0.521. The molecule has 0 aliphatic heterocycles. The zero-order chi connectivity index (χ0) is 18.9. The maximum atomic E-state index is 15.5. The first-order chi connectivity index (χ1) is 12.7. The summed E-state index contributed by atoms with van der Waals surface area (Å²) in [6, 6.07) is 0. The van der Waals surface area contributed by atoms with Gasteiger partial charge in [0.2, 0.25) is 0 Å². The molecule has 0 heterocycles. The standard InChI is InChI=1S/C24H44FP/c1-3-5-7-9-11-13-18-22-26(24(25)20-16-15-17-21-24)23-19-14-12-10-8-6-4-2/h15-17,20H,3-14,18-19,21-23H2,1-2H3. The van der Waals surface area contributed by atoms with Crippen LogP contribution in [0.4, 0.5) is 4.39 Å². The first-order valence-corrected chi connectivity index (χ1v) is 13.2. The van der Waals surface area contributed by atoms with Crippen molar-refractivity contribution in [1.29, 1.82) is 0 Å². The summed E-state index contributed by atoms with van der Waals surface area (Å²) in [6.45, 7) is 4.54. The lowest BCUT2D eigenvalue weighted by Gasteiger charge is -2.33. The van der Waals surface area contributed by atoms with Gasteiger partial charge in [-0.05, 0) is 31.2 Å². The van der Waals surface area contributed by atoms with E-state index in [-0.39, 0.29) is 0 Å². The van der Waals surface area contributed by atoms with E-state index in [4.69, 9.17) is 0 Å². The van der Waals surface area contributed by atoms with E-state index < -0.39 is 13.3 Å². The Balaban J connectivity index is 2.28. The van der Waals surface area contributed by atoms with Crippen LogP contribution >= 0.6 is 7.92 Å². The Morgan fingerprint density at radius 3 is 1.58 bits per heavy atom. The average Bonchev–Trinajstić information content (AvgIpc) is 2.65. The quantitative estimate of drug-likeness (QED) is 0.174. The molecule has 1 aliphatic rings. The van der Waals surface area contributed by atoms with Crippen LogP contribution in [0, 0.1) is 0 Å². The SMILES string of the molecule is CCCCCCCCCP(CCCCCCCCC)C1(F)C=CC=CC1. The summed E-state index contributed by atoms with van der Waals surface area (Å²) in [4.78, 5) is 0. The third-order valence-corrected chi connectivity index (χ3v) is 8.69. The van der Waals surface area contributed by atoms with E-state index in [2.05, 4.69) is 13.8 Å². The van der Waals surface area contributed by atoms with Gasteiger partial charge in [0.1, 0.15) is 0 Å². The predicted octanol–water partition coefficient (Wildman–Crippen LogP) is 9.15. The monoisotopic (exact) mass is 382 g/mol. The first-order valence-electron chi connectivity index (χ1n) is 11.5. The Labute approximate surface area is 164 Å². The van der Waals surface area contributed by atoms with Crippen LogP contribution in [0.3, 0.4) is 0 Å². The third kappa shape index (κ3) is 10.9. The van der Waals surface area contributed by atoms with Crippen molar-refractivity contribution in [2.45, 2.75) is 116 Å². The van der Waals surface area contributed by atoms with Crippen molar-refractivity contribution < 1.29 is 4.39 Å². The molecule has 1 unspecified atom stereocenters. The van der Waals surface area contributed by atoms with Gasteiger partial charge in [-0.15, -0.1) is 0 Å². The summed E-state index contributed by atoms with van der Waals surface area (Å²) in [5.74, 6) is 0. The smallest absolute Gasteiger partial charge is 0.151 e. The Kier molecular flexibility index (Phi) is 14.6. The van der Waals surface area contributed by atoms with Crippen LogP contribution in [0.5, 0.6) is 0 Å². The van der Waals surface area contributed by atoms with E-state index in [1.165, 1.54) is 89.9 Å². The molecule has 1 atom stereocenters. The van der Waals surface area contributed by atoms with Crippen molar-refractivity contribution >= 4 is 7.92 Å². The molecule has 1 aliphatic carbocycles. The molecule has 152 valence electrons. The predicted molar refractivity (Wildman–Crippen MR) is 119 cm³/mol. The van der Waals surface area contributed by atoms with Crippen molar-refractivity contribution in [3.63, 3.8) is 0 Å². The zero-order valence-corrected chi connectivity index (χ0v) is 18.5. The van der Waals surface area contributed by atoms with Crippen molar-refractivity contribution in [3.05, 3.63) is 24.3 Å². The highest BCUT2D eigenvalue weighted by molar-refractivity contribution is 7.59. The van der Waals surface area contributed by atoms with Crippen molar-refractivity contribution in [2.75, 3.05) is 12.3 Å². The molecule has 0 amide bonds. The average molecular weight is 383 g/mol. The van der Waals surface area contributed by atoms with E-state index in [1.54, 1.807) is 0 Å². The normalized spacial score (nSPS) is 19.5. The first kappa shape index (κ1) is 23.9. The summed E-state index contributed by atoms with van der Waals surface area (Å²) in [7, 11) is -0.521. The second kappa shape index (κ2) is 15.9. The topological polar surface area (TPSA) is 0 Å². The fourth-order valence-corrected chi connectivity index (χ4v) is 6.66. The van der Waals surface area contributed by atoms with Gasteiger partial charge in [-0.25, -0.2) is 4.39 Å². The van der Waals surface area contributed by atoms with E-state index in [1.807, 2.05) is 24.3 Å². The number of alkyl halides is 1. The van der Waals surface area contributed by atoms with E-state index >= 15 is 4.39 Å². The minimum Gasteiger partial charge on any atom is -0.234 e. The Morgan fingerprint density at radius 1 is 0.692 bits per heavy atom. The lowest BCUT2D eigenvalue weighted by molar-refractivity contribution is 0.346. The van der Waals surface area contributed by atoms with Crippen LogP contribution in [-0.4, -0.2) is 17.7 Å². The molecule has 0 aromatic heterocycles. The molecule has 0 saturated heterocycles. The number of rotatable bonds is 17. The fourth-order valence-electron chi connectivity index (χ4n) is 3.82. The maximum Gasteiger partial charge on any atom is 0.151 e. The Morgan fingerprint density at radius 2 is 1.15 bits per heavy atom. The van der Waals surface area contributed by atoms with Crippen LogP contribution in [0.1, 0.15) is 110 Å². The molecule has 0 fully saturated rings. The molecule has 0 saturated carbocycles. The van der Waals surface area contributed by atoms with Crippen molar-refractivity contribution in [2.24, 2.45) is 0 Å². The number of hydrogen-bond donors (Lipinski definition) is 0. The van der Waals surface area contributed by atoms with Gasteiger partial charge in [0.05, 0.1) is 0 Å². The van der Waals surface area contributed by atoms with Crippen LogP contribution in [0.2, 0.25) is 0 Å². The van der Waals surface area contributed by atoms with E-state index in [0.29, 0.717) is 6.42 Å². The molecular weight excluding hydrogens is 338 g/mol. The van der Waals surface area contributed by atoms with Crippen LogP contribution in [-0.2, 0) is 0 Å². The van der Waals surface area contributed by atoms with E-state index in [0.717, 1.165) is 12.3 Å². The molecule has 0 spiro atoms. The maximum absolute atomic E-state index is 15.5. The summed E-state index contributed by atoms with van der Waals surface area (Å²) in [5, 5.41) is -1.02. The summed E-state index contributed by atoms with van der Waals surface area (Å²) in [5.41, 5.74) is 0. The molecule has 2 heteroatoms. The van der Waals surface area contributed by atoms with Gasteiger partial charge in [0, 0.05) is 6.42 Å². The molecule has 1 rings (SSSR count). The van der Waals surface area contributed by atoms with Crippen LogP contribution in [0.25, 0.3) is 0 Å². The summed E-state index contributed by atoms with van der Waals surface area (Å²) >= 11 is 0. The molecule has 0 aromatic rings. The lowest BCUT2D eigenvalue weighted by Crippen LogP contribution is -2.21. The largest absolute Gasteiger partial charge is 0.234 e. The van der Waals surface area contributed by atoms with Gasteiger partial charge < -0.3 is 0 Å². The molecule has 0 aromatic carbocycles. The van der Waals surface area contributed by atoms with Crippen LogP contribution < -0.4 is 0 Å². The summed E-state index contributed by atoms with van der Waals surface area (Å²) in [6.07, 6.45) is 29.3. The lowest BCUT2D eigenvalue weighted by atomic mass is 10.1. The number of unbranched alkanes of at least 4 members (excludes halogenated alkanes) is 12.